The molecule has 0 heterocycles. The Labute approximate surface area is 120 Å². The van der Waals surface area contributed by atoms with E-state index < -0.39 is 0 Å². The molecule has 4 rings (SSSR count). The predicted octanol–water partition coefficient (Wildman–Crippen LogP) is 5.46. The van der Waals surface area contributed by atoms with Crippen molar-refractivity contribution in [2.24, 2.45) is 0 Å². The van der Waals surface area contributed by atoms with Crippen molar-refractivity contribution in [1.82, 2.24) is 0 Å². The van der Waals surface area contributed by atoms with E-state index in [9.17, 15) is 0 Å². The fraction of sp³-hybridized carbons (Fsp3) is 0.200. The quantitative estimate of drug-likeness (QED) is 0.579. The lowest BCUT2D eigenvalue weighted by molar-refractivity contribution is 0.742. The summed E-state index contributed by atoms with van der Waals surface area (Å²) < 4.78 is 0. The van der Waals surface area contributed by atoms with Gasteiger partial charge in [0.2, 0.25) is 0 Å². The monoisotopic (exact) mass is 258 g/mol. The number of allylic oxidation sites excluding steroid dienone is 10. The summed E-state index contributed by atoms with van der Waals surface area (Å²) in [5, 5.41) is 0. The van der Waals surface area contributed by atoms with E-state index in [-0.39, 0.29) is 0 Å². The molecule has 0 nitrogen and oxygen atoms in total. The molecule has 0 radical (unpaired) electrons. The zero-order valence-electron chi connectivity index (χ0n) is 11.6. The molecule has 0 spiro atoms. The van der Waals surface area contributed by atoms with E-state index >= 15 is 0 Å². The van der Waals surface area contributed by atoms with Crippen molar-refractivity contribution in [2.75, 3.05) is 0 Å². The van der Waals surface area contributed by atoms with E-state index in [4.69, 9.17) is 0 Å². The van der Waals surface area contributed by atoms with Gasteiger partial charge in [0.05, 0.1) is 0 Å². The smallest absolute Gasteiger partial charge is 0.00701 e. The molecule has 98 valence electrons. The highest BCUT2D eigenvalue weighted by Crippen LogP contribution is 2.47. The van der Waals surface area contributed by atoms with Crippen LogP contribution >= 0.6 is 0 Å². The van der Waals surface area contributed by atoms with Gasteiger partial charge in [-0.3, -0.25) is 0 Å². The SMILES string of the molecule is C1=CC=C2CCCCC=C3C2=C(C=C1)c1ccccc13. The standard InChI is InChI=1S/C20H18/c1-3-9-15-10-4-2-6-14-19-17-12-8-7-11-16(17)18(13-5-1)20(15)19/h1,3,5,7-9,11-14H,2,4,6,10H2. The average molecular weight is 258 g/mol. The molecule has 0 aliphatic heterocycles. The Morgan fingerprint density at radius 2 is 1.75 bits per heavy atom. The van der Waals surface area contributed by atoms with Gasteiger partial charge in [-0.1, -0.05) is 60.7 Å². The Morgan fingerprint density at radius 3 is 2.70 bits per heavy atom. The lowest BCUT2D eigenvalue weighted by Crippen LogP contribution is -1.96. The lowest BCUT2D eigenvalue weighted by atomic mass is 9.88. The third-order valence-corrected chi connectivity index (χ3v) is 4.40. The van der Waals surface area contributed by atoms with Gasteiger partial charge in [0.15, 0.2) is 0 Å². The summed E-state index contributed by atoms with van der Waals surface area (Å²) in [5.74, 6) is 0. The largest absolute Gasteiger partial charge is 0.0760 e. The molecular weight excluding hydrogens is 240 g/mol. The Morgan fingerprint density at radius 1 is 0.850 bits per heavy atom. The first-order valence-corrected chi connectivity index (χ1v) is 7.54. The molecule has 0 unspecified atom stereocenters. The van der Waals surface area contributed by atoms with Gasteiger partial charge in [-0.25, -0.2) is 0 Å². The molecule has 0 saturated carbocycles. The van der Waals surface area contributed by atoms with E-state index in [0.29, 0.717) is 0 Å². The van der Waals surface area contributed by atoms with Crippen LogP contribution in [-0.2, 0) is 0 Å². The molecule has 0 N–H and O–H groups in total. The Bertz CT molecular complexity index is 705. The first kappa shape index (κ1) is 11.7. The van der Waals surface area contributed by atoms with Crippen molar-refractivity contribution in [3.8, 4) is 0 Å². The van der Waals surface area contributed by atoms with Crippen molar-refractivity contribution < 1.29 is 0 Å². The van der Waals surface area contributed by atoms with Gasteiger partial charge < -0.3 is 0 Å². The second-order valence-electron chi connectivity index (χ2n) is 5.63. The zero-order valence-corrected chi connectivity index (χ0v) is 11.6. The Balaban J connectivity index is 2.03. The number of hydrogen-bond donors (Lipinski definition) is 0. The lowest BCUT2D eigenvalue weighted by Gasteiger charge is -2.16. The van der Waals surface area contributed by atoms with Gasteiger partial charge in [0, 0.05) is 0 Å². The van der Waals surface area contributed by atoms with Crippen LogP contribution in [0.3, 0.4) is 0 Å². The summed E-state index contributed by atoms with van der Waals surface area (Å²) in [5.41, 5.74) is 8.66. The summed E-state index contributed by atoms with van der Waals surface area (Å²) in [6.45, 7) is 0. The first-order chi connectivity index (χ1) is 9.95. The van der Waals surface area contributed by atoms with Crippen LogP contribution in [0.15, 0.2) is 71.9 Å². The predicted molar refractivity (Wildman–Crippen MR) is 86.2 cm³/mol. The first-order valence-electron chi connectivity index (χ1n) is 7.54. The molecule has 3 aliphatic carbocycles. The third kappa shape index (κ3) is 1.76. The van der Waals surface area contributed by atoms with Crippen molar-refractivity contribution in [3.05, 3.63) is 83.0 Å². The Hall–Kier alpha value is -2.08. The van der Waals surface area contributed by atoms with Crippen molar-refractivity contribution in [2.45, 2.75) is 25.7 Å². The molecule has 0 saturated heterocycles. The van der Waals surface area contributed by atoms with Gasteiger partial charge in [-0.05, 0) is 59.1 Å². The summed E-state index contributed by atoms with van der Waals surface area (Å²) in [6, 6.07) is 8.84. The molecule has 20 heavy (non-hydrogen) atoms. The minimum Gasteiger partial charge on any atom is -0.0760 e. The second-order valence-corrected chi connectivity index (χ2v) is 5.63. The molecule has 0 fully saturated rings. The minimum absolute atomic E-state index is 1.20. The van der Waals surface area contributed by atoms with Crippen LogP contribution in [0.1, 0.15) is 36.8 Å². The van der Waals surface area contributed by atoms with Crippen LogP contribution in [0.4, 0.5) is 0 Å². The zero-order chi connectivity index (χ0) is 13.4. The molecule has 0 aromatic heterocycles. The molecule has 1 aromatic carbocycles. The van der Waals surface area contributed by atoms with Crippen LogP contribution in [-0.4, -0.2) is 0 Å². The van der Waals surface area contributed by atoms with Crippen LogP contribution in [0, 0.1) is 0 Å². The van der Waals surface area contributed by atoms with Gasteiger partial charge >= 0.3 is 0 Å². The number of benzene rings is 1. The van der Waals surface area contributed by atoms with Gasteiger partial charge in [0.1, 0.15) is 0 Å². The highest BCUT2D eigenvalue weighted by Gasteiger charge is 2.27. The van der Waals surface area contributed by atoms with E-state index in [0.717, 1.165) is 0 Å². The molecule has 1 aromatic rings. The van der Waals surface area contributed by atoms with E-state index in [1.54, 1.807) is 0 Å². The maximum absolute atomic E-state index is 2.45. The number of hydrogen-bond acceptors (Lipinski definition) is 0. The summed E-state index contributed by atoms with van der Waals surface area (Å²) in [6.07, 6.45) is 18.5. The Kier molecular flexibility index (Phi) is 2.81. The van der Waals surface area contributed by atoms with E-state index in [2.05, 4.69) is 60.7 Å². The summed E-state index contributed by atoms with van der Waals surface area (Å²) in [4.78, 5) is 0. The molecule has 0 heteroatoms. The topological polar surface area (TPSA) is 0 Å². The van der Waals surface area contributed by atoms with Crippen molar-refractivity contribution >= 4 is 11.1 Å². The van der Waals surface area contributed by atoms with E-state index in [1.807, 2.05) is 0 Å². The number of fused-ring (bicyclic) bond motifs is 3. The average Bonchev–Trinajstić information content (AvgIpc) is 2.72. The molecular formula is C20H18. The van der Waals surface area contributed by atoms with Crippen molar-refractivity contribution in [1.29, 1.82) is 0 Å². The normalized spacial score (nSPS) is 20.2. The van der Waals surface area contributed by atoms with Crippen LogP contribution in [0.5, 0.6) is 0 Å². The van der Waals surface area contributed by atoms with Gasteiger partial charge in [-0.15, -0.1) is 0 Å². The number of rotatable bonds is 0. The highest BCUT2D eigenvalue weighted by atomic mass is 14.3. The van der Waals surface area contributed by atoms with Gasteiger partial charge in [-0.2, -0.15) is 0 Å². The fourth-order valence-corrected chi connectivity index (χ4v) is 3.48. The van der Waals surface area contributed by atoms with Crippen LogP contribution in [0.2, 0.25) is 0 Å². The van der Waals surface area contributed by atoms with Crippen LogP contribution < -0.4 is 0 Å². The molecule has 3 aliphatic rings. The van der Waals surface area contributed by atoms with E-state index in [1.165, 1.54) is 59.1 Å². The molecule has 0 amide bonds. The molecule has 0 atom stereocenters. The fourth-order valence-electron chi connectivity index (χ4n) is 3.48. The highest BCUT2D eigenvalue weighted by molar-refractivity contribution is 6.06. The minimum atomic E-state index is 1.20. The van der Waals surface area contributed by atoms with Gasteiger partial charge in [0.25, 0.3) is 0 Å². The maximum atomic E-state index is 2.45. The third-order valence-electron chi connectivity index (χ3n) is 4.40. The van der Waals surface area contributed by atoms with Crippen LogP contribution in [0.25, 0.3) is 11.1 Å². The second kappa shape index (κ2) is 4.79. The molecule has 0 bridgehead atoms. The van der Waals surface area contributed by atoms with Crippen molar-refractivity contribution in [3.63, 3.8) is 0 Å². The maximum Gasteiger partial charge on any atom is -0.00701 e. The summed E-state index contributed by atoms with van der Waals surface area (Å²) >= 11 is 0. The summed E-state index contributed by atoms with van der Waals surface area (Å²) in [7, 11) is 0.